The number of hydrogen-bond acceptors (Lipinski definition) is 8. The van der Waals surface area contributed by atoms with Gasteiger partial charge >= 0.3 is 12.1 Å². The second-order valence-corrected chi connectivity index (χ2v) is 10.3. The Labute approximate surface area is 214 Å². The van der Waals surface area contributed by atoms with Crippen LogP contribution >= 0.6 is 0 Å². The molecule has 0 N–H and O–H groups in total. The number of amides is 1. The highest BCUT2D eigenvalue weighted by Gasteiger charge is 2.37. The van der Waals surface area contributed by atoms with Crippen molar-refractivity contribution in [1.82, 2.24) is 29.4 Å². The number of esters is 1. The second kappa shape index (κ2) is 9.30. The molecule has 0 bridgehead atoms. The van der Waals surface area contributed by atoms with E-state index in [0.717, 1.165) is 16.7 Å². The molecule has 1 fully saturated rings. The first kappa shape index (κ1) is 24.4. The summed E-state index contributed by atoms with van der Waals surface area (Å²) in [5.74, 6) is 0.887. The van der Waals surface area contributed by atoms with Crippen LogP contribution < -0.4 is 4.90 Å². The lowest BCUT2D eigenvalue weighted by Gasteiger charge is -2.23. The standard InChI is InChI=1S/C26H29N7O4/c1-16(2)20-14-36-25(35)33(20)21-10-11-32-24(29-21)19(12-28-32)17-6-8-18(9-7-17)23-27-15-31(30-23)13-22(34)37-26(3,4)5/h6-12,15-16,20H,13-14H2,1-5H3. The van der Waals surface area contributed by atoms with E-state index >= 15 is 0 Å². The number of cyclic esters (lactones) is 1. The molecule has 4 heterocycles. The largest absolute Gasteiger partial charge is 0.459 e. The van der Waals surface area contributed by atoms with Crippen LogP contribution in [-0.4, -0.2) is 59.7 Å². The van der Waals surface area contributed by atoms with Gasteiger partial charge in [0.05, 0.1) is 12.2 Å². The van der Waals surface area contributed by atoms with Crippen molar-refractivity contribution >= 4 is 23.5 Å². The zero-order chi connectivity index (χ0) is 26.3. The smallest absolute Gasteiger partial charge is 0.415 e. The Bertz CT molecular complexity index is 1450. The molecule has 11 nitrogen and oxygen atoms in total. The Morgan fingerprint density at radius 2 is 1.89 bits per heavy atom. The summed E-state index contributed by atoms with van der Waals surface area (Å²) in [5, 5.41) is 8.82. The van der Waals surface area contributed by atoms with Gasteiger partial charge < -0.3 is 9.47 Å². The van der Waals surface area contributed by atoms with Crippen molar-refractivity contribution in [2.45, 2.75) is 52.8 Å². The molecule has 5 rings (SSSR count). The minimum atomic E-state index is -0.558. The van der Waals surface area contributed by atoms with Gasteiger partial charge in [-0.3, -0.25) is 9.69 Å². The van der Waals surface area contributed by atoms with Gasteiger partial charge in [-0.15, -0.1) is 0 Å². The molecule has 0 radical (unpaired) electrons. The van der Waals surface area contributed by atoms with Crippen molar-refractivity contribution in [1.29, 1.82) is 0 Å². The number of nitrogens with zero attached hydrogens (tertiary/aromatic N) is 7. The molecule has 1 unspecified atom stereocenters. The number of fused-ring (bicyclic) bond motifs is 1. The highest BCUT2D eigenvalue weighted by molar-refractivity contribution is 5.90. The lowest BCUT2D eigenvalue weighted by molar-refractivity contribution is -0.155. The van der Waals surface area contributed by atoms with E-state index in [-0.39, 0.29) is 30.6 Å². The van der Waals surface area contributed by atoms with Crippen LogP contribution in [0.3, 0.4) is 0 Å². The highest BCUT2D eigenvalue weighted by Crippen LogP contribution is 2.30. The van der Waals surface area contributed by atoms with Crippen LogP contribution in [0, 0.1) is 5.92 Å². The fourth-order valence-corrected chi connectivity index (χ4v) is 4.20. The molecular weight excluding hydrogens is 474 g/mol. The summed E-state index contributed by atoms with van der Waals surface area (Å²) in [6.45, 7) is 9.91. The number of carbonyl (C=O) groups excluding carboxylic acids is 2. The van der Waals surface area contributed by atoms with Gasteiger partial charge in [0.1, 0.15) is 30.9 Å². The summed E-state index contributed by atoms with van der Waals surface area (Å²) in [7, 11) is 0. The van der Waals surface area contributed by atoms with E-state index < -0.39 is 5.60 Å². The summed E-state index contributed by atoms with van der Waals surface area (Å²) < 4.78 is 13.8. The topological polar surface area (TPSA) is 117 Å². The number of aromatic nitrogens is 6. The van der Waals surface area contributed by atoms with Gasteiger partial charge in [-0.05, 0) is 38.3 Å². The van der Waals surface area contributed by atoms with E-state index in [2.05, 4.69) is 29.0 Å². The summed E-state index contributed by atoms with van der Waals surface area (Å²) >= 11 is 0. The molecule has 1 saturated heterocycles. The Morgan fingerprint density at radius 1 is 1.16 bits per heavy atom. The first-order chi connectivity index (χ1) is 17.6. The van der Waals surface area contributed by atoms with Gasteiger partial charge in [0.25, 0.3) is 0 Å². The maximum atomic E-state index is 12.4. The Balaban J connectivity index is 1.38. The lowest BCUT2D eigenvalue weighted by Crippen LogP contribution is -2.37. The van der Waals surface area contributed by atoms with Gasteiger partial charge in [-0.1, -0.05) is 38.1 Å². The van der Waals surface area contributed by atoms with Crippen molar-refractivity contribution in [3.63, 3.8) is 0 Å². The predicted molar refractivity (Wildman–Crippen MR) is 136 cm³/mol. The molecule has 1 aliphatic heterocycles. The van der Waals surface area contributed by atoms with Crippen LogP contribution in [0.5, 0.6) is 0 Å². The van der Waals surface area contributed by atoms with Crippen molar-refractivity contribution in [3.8, 4) is 22.5 Å². The van der Waals surface area contributed by atoms with Gasteiger partial charge in [0, 0.05) is 17.3 Å². The average Bonchev–Trinajstić information content (AvgIpc) is 3.56. The molecule has 3 aromatic heterocycles. The number of rotatable bonds is 6. The molecule has 37 heavy (non-hydrogen) atoms. The Kier molecular flexibility index (Phi) is 6.14. The molecule has 1 aromatic carbocycles. The molecule has 0 spiro atoms. The molecule has 192 valence electrons. The fourth-order valence-electron chi connectivity index (χ4n) is 4.20. The summed E-state index contributed by atoms with van der Waals surface area (Å²) in [5.41, 5.74) is 2.60. The van der Waals surface area contributed by atoms with Crippen LogP contribution in [0.25, 0.3) is 28.2 Å². The van der Waals surface area contributed by atoms with Crippen molar-refractivity contribution in [2.75, 3.05) is 11.5 Å². The zero-order valence-corrected chi connectivity index (χ0v) is 21.5. The van der Waals surface area contributed by atoms with Crippen LogP contribution in [-0.2, 0) is 20.8 Å². The maximum Gasteiger partial charge on any atom is 0.415 e. The molecule has 1 atom stereocenters. The van der Waals surface area contributed by atoms with Gasteiger partial charge in [-0.2, -0.15) is 10.2 Å². The van der Waals surface area contributed by atoms with Crippen molar-refractivity contribution < 1.29 is 19.1 Å². The lowest BCUT2D eigenvalue weighted by atomic mass is 10.0. The quantitative estimate of drug-likeness (QED) is 0.363. The average molecular weight is 504 g/mol. The summed E-state index contributed by atoms with van der Waals surface area (Å²) in [4.78, 5) is 35.2. The van der Waals surface area contributed by atoms with Crippen LogP contribution in [0.2, 0.25) is 0 Å². The SMILES string of the molecule is CC(C)C1COC(=O)N1c1ccn2ncc(-c3ccc(-c4ncn(CC(=O)OC(C)(C)C)n4)cc3)c2n1. The third-order valence-corrected chi connectivity index (χ3v) is 5.98. The number of ether oxygens (including phenoxy) is 2. The Hall–Kier alpha value is -4.28. The number of benzene rings is 1. The molecule has 1 aliphatic rings. The van der Waals surface area contributed by atoms with E-state index in [1.807, 2.05) is 45.0 Å². The number of hydrogen-bond donors (Lipinski definition) is 0. The third kappa shape index (κ3) is 5.02. The third-order valence-electron chi connectivity index (χ3n) is 5.98. The predicted octanol–water partition coefficient (Wildman–Crippen LogP) is 3.98. The van der Waals surface area contributed by atoms with E-state index in [1.165, 1.54) is 11.0 Å². The monoisotopic (exact) mass is 503 g/mol. The minimum absolute atomic E-state index is 0.0129. The van der Waals surface area contributed by atoms with E-state index in [9.17, 15) is 9.59 Å². The summed E-state index contributed by atoms with van der Waals surface area (Å²) in [6, 6.07) is 9.39. The summed E-state index contributed by atoms with van der Waals surface area (Å²) in [6.07, 6.45) is 4.66. The maximum absolute atomic E-state index is 12.4. The minimum Gasteiger partial charge on any atom is -0.459 e. The molecular formula is C26H29N7O4. The van der Waals surface area contributed by atoms with Gasteiger partial charge in [0.15, 0.2) is 11.5 Å². The molecule has 0 aliphatic carbocycles. The van der Waals surface area contributed by atoms with Crippen molar-refractivity contribution in [2.24, 2.45) is 5.92 Å². The second-order valence-electron chi connectivity index (χ2n) is 10.3. The first-order valence-corrected chi connectivity index (χ1v) is 12.1. The van der Waals surface area contributed by atoms with E-state index in [4.69, 9.17) is 14.5 Å². The Morgan fingerprint density at radius 3 is 2.59 bits per heavy atom. The fraction of sp³-hybridized carbons (Fsp3) is 0.385. The van der Waals surface area contributed by atoms with E-state index in [1.54, 1.807) is 27.9 Å². The van der Waals surface area contributed by atoms with Gasteiger partial charge in [0.2, 0.25) is 0 Å². The normalized spacial score (nSPS) is 16.0. The van der Waals surface area contributed by atoms with E-state index in [0.29, 0.717) is 23.9 Å². The van der Waals surface area contributed by atoms with Crippen molar-refractivity contribution in [3.05, 3.63) is 49.1 Å². The number of carbonyl (C=O) groups is 2. The molecule has 11 heteroatoms. The van der Waals surface area contributed by atoms with Crippen LogP contribution in [0.15, 0.2) is 49.1 Å². The highest BCUT2D eigenvalue weighted by atomic mass is 16.6. The molecule has 0 saturated carbocycles. The van der Waals surface area contributed by atoms with Crippen LogP contribution in [0.1, 0.15) is 34.6 Å². The van der Waals surface area contributed by atoms with Gasteiger partial charge in [-0.25, -0.2) is 24.0 Å². The number of anilines is 1. The zero-order valence-electron chi connectivity index (χ0n) is 21.5. The molecule has 4 aromatic rings. The molecule has 1 amide bonds. The van der Waals surface area contributed by atoms with Crippen LogP contribution in [0.4, 0.5) is 10.6 Å². The first-order valence-electron chi connectivity index (χ1n) is 12.1.